The molecule has 0 amide bonds. The zero-order valence-electron chi connectivity index (χ0n) is 21.0. The standard InChI is InChI=1S/C26H28O15/c27-5-12-17(32)21(36)23(38)26(41-12)16-20(35)15(25-22(37)18(33)13(6-28)40-25)19(34)14-10(31)4-11(39-24(14)16)7-1-2-8(29)9(30)3-7/h1-4,12-13,17-18,21-23,25-30,32-38H,5-6H2. The lowest BCUT2D eigenvalue weighted by Gasteiger charge is -2.40. The molecule has 3 aromatic rings. The molecule has 2 fully saturated rings. The molecule has 0 aliphatic carbocycles. The zero-order chi connectivity index (χ0) is 29.9. The van der Waals surface area contributed by atoms with Gasteiger partial charge in [0.05, 0.1) is 24.3 Å². The van der Waals surface area contributed by atoms with Crippen LogP contribution in [0.25, 0.3) is 22.3 Å². The smallest absolute Gasteiger partial charge is 0.197 e. The predicted octanol–water partition coefficient (Wildman–Crippen LogP) is -2.05. The van der Waals surface area contributed by atoms with Gasteiger partial charge in [0.25, 0.3) is 0 Å². The topological polar surface area (TPSA) is 271 Å². The molecule has 41 heavy (non-hydrogen) atoms. The van der Waals surface area contributed by atoms with Crippen LogP contribution in [0.2, 0.25) is 0 Å². The van der Waals surface area contributed by atoms with Gasteiger partial charge in [0, 0.05) is 11.6 Å². The largest absolute Gasteiger partial charge is 0.507 e. The van der Waals surface area contributed by atoms with Gasteiger partial charge in [0.1, 0.15) is 77.6 Å². The molecule has 11 N–H and O–H groups in total. The lowest BCUT2D eigenvalue weighted by atomic mass is 9.87. The molecule has 2 aliphatic rings. The summed E-state index contributed by atoms with van der Waals surface area (Å²) in [4.78, 5) is 13.4. The van der Waals surface area contributed by atoms with Gasteiger partial charge in [0.2, 0.25) is 0 Å². The van der Waals surface area contributed by atoms with E-state index in [9.17, 15) is 61.0 Å². The Kier molecular flexibility index (Phi) is 7.58. The van der Waals surface area contributed by atoms with Crippen molar-refractivity contribution < 1.29 is 70.1 Å². The van der Waals surface area contributed by atoms with Gasteiger partial charge >= 0.3 is 0 Å². The Morgan fingerprint density at radius 3 is 1.78 bits per heavy atom. The maximum atomic E-state index is 13.4. The maximum Gasteiger partial charge on any atom is 0.197 e. The number of aliphatic hydroxyl groups excluding tert-OH is 7. The second kappa shape index (κ2) is 10.7. The maximum absolute atomic E-state index is 13.4. The molecule has 9 unspecified atom stereocenters. The van der Waals surface area contributed by atoms with Gasteiger partial charge in [-0.2, -0.15) is 0 Å². The summed E-state index contributed by atoms with van der Waals surface area (Å²) in [7, 11) is 0. The Hall–Kier alpha value is -3.51. The summed E-state index contributed by atoms with van der Waals surface area (Å²) >= 11 is 0. The van der Waals surface area contributed by atoms with Crippen molar-refractivity contribution in [3.8, 4) is 34.3 Å². The van der Waals surface area contributed by atoms with Gasteiger partial charge < -0.3 is 70.1 Å². The molecule has 0 bridgehead atoms. The third-order valence-electron chi connectivity index (χ3n) is 7.46. The van der Waals surface area contributed by atoms with E-state index in [4.69, 9.17) is 13.9 Å². The van der Waals surface area contributed by atoms with E-state index in [0.29, 0.717) is 0 Å². The van der Waals surface area contributed by atoms with Gasteiger partial charge in [0.15, 0.2) is 22.5 Å². The van der Waals surface area contributed by atoms with Gasteiger partial charge in [-0.15, -0.1) is 0 Å². The molecule has 0 radical (unpaired) electrons. The zero-order valence-corrected chi connectivity index (χ0v) is 21.0. The molecule has 15 heteroatoms. The van der Waals surface area contributed by atoms with E-state index < -0.39 is 119 Å². The highest BCUT2D eigenvalue weighted by Crippen LogP contribution is 2.51. The first-order valence-electron chi connectivity index (χ1n) is 12.4. The van der Waals surface area contributed by atoms with E-state index in [1.165, 1.54) is 6.07 Å². The van der Waals surface area contributed by atoms with Crippen LogP contribution in [0.15, 0.2) is 33.5 Å². The predicted molar refractivity (Wildman–Crippen MR) is 134 cm³/mol. The van der Waals surface area contributed by atoms with Crippen molar-refractivity contribution in [3.63, 3.8) is 0 Å². The van der Waals surface area contributed by atoms with Crippen molar-refractivity contribution in [2.24, 2.45) is 0 Å². The van der Waals surface area contributed by atoms with Gasteiger partial charge in [-0.3, -0.25) is 4.79 Å². The van der Waals surface area contributed by atoms with E-state index in [0.717, 1.165) is 18.2 Å². The molecule has 2 saturated heterocycles. The first-order chi connectivity index (χ1) is 19.4. The molecule has 222 valence electrons. The van der Waals surface area contributed by atoms with Crippen LogP contribution >= 0.6 is 0 Å². The van der Waals surface area contributed by atoms with Crippen LogP contribution in [0.4, 0.5) is 0 Å². The fourth-order valence-corrected chi connectivity index (χ4v) is 5.24. The van der Waals surface area contributed by atoms with Crippen LogP contribution in [0, 0.1) is 0 Å². The molecule has 9 atom stereocenters. The van der Waals surface area contributed by atoms with E-state index in [-0.39, 0.29) is 11.3 Å². The molecule has 3 heterocycles. The number of rotatable bonds is 5. The monoisotopic (exact) mass is 580 g/mol. The lowest BCUT2D eigenvalue weighted by molar-refractivity contribution is -0.231. The number of hydrogen-bond acceptors (Lipinski definition) is 15. The normalized spacial score (nSPS) is 32.0. The molecular weight excluding hydrogens is 552 g/mol. The summed E-state index contributed by atoms with van der Waals surface area (Å²) < 4.78 is 16.9. The van der Waals surface area contributed by atoms with Crippen LogP contribution in [0.1, 0.15) is 23.3 Å². The second-order valence-electron chi connectivity index (χ2n) is 9.92. The fourth-order valence-electron chi connectivity index (χ4n) is 5.24. The summed E-state index contributed by atoms with van der Waals surface area (Å²) in [6.07, 6.45) is -15.6. The average molecular weight is 580 g/mol. The molecule has 2 aliphatic heterocycles. The van der Waals surface area contributed by atoms with Crippen molar-refractivity contribution in [1.82, 2.24) is 0 Å². The van der Waals surface area contributed by atoms with Crippen LogP contribution in [-0.4, -0.2) is 112 Å². The molecule has 15 nitrogen and oxygen atoms in total. The van der Waals surface area contributed by atoms with Crippen molar-refractivity contribution in [3.05, 3.63) is 45.6 Å². The summed E-state index contributed by atoms with van der Waals surface area (Å²) in [5.41, 5.74) is -2.68. The van der Waals surface area contributed by atoms with Gasteiger partial charge in [-0.1, -0.05) is 0 Å². The number of phenols is 4. The molecule has 0 saturated carbocycles. The number of fused-ring (bicyclic) bond motifs is 1. The minimum Gasteiger partial charge on any atom is -0.507 e. The number of phenolic OH excluding ortho intramolecular Hbond substituents is 4. The highest BCUT2D eigenvalue weighted by molar-refractivity contribution is 5.92. The third-order valence-corrected chi connectivity index (χ3v) is 7.46. The number of ether oxygens (including phenoxy) is 2. The summed E-state index contributed by atoms with van der Waals surface area (Å²) in [5.74, 6) is -3.21. The van der Waals surface area contributed by atoms with Crippen LogP contribution in [-0.2, 0) is 9.47 Å². The fraction of sp³-hybridized carbons (Fsp3) is 0.423. The highest BCUT2D eigenvalue weighted by atomic mass is 16.6. The van der Waals surface area contributed by atoms with Crippen LogP contribution in [0.3, 0.4) is 0 Å². The summed E-state index contributed by atoms with van der Waals surface area (Å²) in [5, 5.41) is 113. The minimum absolute atomic E-state index is 0.0607. The summed E-state index contributed by atoms with van der Waals surface area (Å²) in [6.45, 7) is -1.60. The van der Waals surface area contributed by atoms with Gasteiger partial charge in [-0.25, -0.2) is 0 Å². The molecule has 0 spiro atoms. The Morgan fingerprint density at radius 1 is 0.659 bits per heavy atom. The molecule has 2 aromatic carbocycles. The minimum atomic E-state index is -2.00. The number of hydrogen-bond donors (Lipinski definition) is 11. The Bertz CT molecular complexity index is 1520. The molecule has 5 rings (SSSR count). The quantitative estimate of drug-likeness (QED) is 0.145. The van der Waals surface area contributed by atoms with Crippen LogP contribution < -0.4 is 5.43 Å². The SMILES string of the molecule is O=c1cc(-c2ccc(O)c(O)c2)oc2c(C3OC(CO)C(O)C(O)C3O)c(O)c(C3OC(CO)C(O)C3O)c(O)c12. The Labute approximate surface area is 229 Å². The molecular formula is C26H28O15. The van der Waals surface area contributed by atoms with Crippen LogP contribution in [0.5, 0.6) is 23.0 Å². The highest BCUT2D eigenvalue weighted by Gasteiger charge is 2.50. The Balaban J connectivity index is 1.82. The third kappa shape index (κ3) is 4.57. The number of benzene rings is 2. The van der Waals surface area contributed by atoms with Crippen molar-refractivity contribution in [1.29, 1.82) is 0 Å². The Morgan fingerprint density at radius 2 is 1.22 bits per heavy atom. The number of aromatic hydroxyl groups is 4. The van der Waals surface area contributed by atoms with E-state index in [1.54, 1.807) is 0 Å². The lowest BCUT2D eigenvalue weighted by Crippen LogP contribution is -2.55. The van der Waals surface area contributed by atoms with E-state index >= 15 is 0 Å². The van der Waals surface area contributed by atoms with Crippen molar-refractivity contribution >= 4 is 11.0 Å². The first-order valence-corrected chi connectivity index (χ1v) is 12.4. The second-order valence-corrected chi connectivity index (χ2v) is 9.92. The van der Waals surface area contributed by atoms with Gasteiger partial charge in [-0.05, 0) is 18.2 Å². The molecule has 1 aromatic heterocycles. The van der Waals surface area contributed by atoms with E-state index in [2.05, 4.69) is 0 Å². The first kappa shape index (κ1) is 29.0. The summed E-state index contributed by atoms with van der Waals surface area (Å²) in [6, 6.07) is 4.34. The number of aliphatic hydroxyl groups is 7. The van der Waals surface area contributed by atoms with Crippen molar-refractivity contribution in [2.75, 3.05) is 13.2 Å². The van der Waals surface area contributed by atoms with E-state index in [1.807, 2.05) is 0 Å². The van der Waals surface area contributed by atoms with Crippen molar-refractivity contribution in [2.45, 2.75) is 54.9 Å². The average Bonchev–Trinajstić information content (AvgIpc) is 3.22.